The molecule has 1 saturated heterocycles. The van der Waals surface area contributed by atoms with E-state index in [4.69, 9.17) is 10.1 Å². The lowest BCUT2D eigenvalue weighted by molar-refractivity contribution is 0.266. The van der Waals surface area contributed by atoms with Gasteiger partial charge < -0.3 is 4.90 Å². The van der Waals surface area contributed by atoms with Gasteiger partial charge in [-0.25, -0.2) is 9.67 Å². The van der Waals surface area contributed by atoms with Crippen LogP contribution in [0, 0.1) is 31.6 Å². The summed E-state index contributed by atoms with van der Waals surface area (Å²) >= 11 is 1.66. The first-order valence-corrected chi connectivity index (χ1v) is 12.6. The molecule has 4 heterocycles. The van der Waals surface area contributed by atoms with Crippen molar-refractivity contribution in [3.8, 4) is 0 Å². The molecule has 2 aromatic heterocycles. The van der Waals surface area contributed by atoms with Crippen LogP contribution in [0.25, 0.3) is 0 Å². The van der Waals surface area contributed by atoms with Crippen molar-refractivity contribution in [2.24, 2.45) is 17.8 Å². The van der Waals surface area contributed by atoms with Gasteiger partial charge in [-0.15, -0.1) is 0 Å². The zero-order valence-electron chi connectivity index (χ0n) is 18.5. The lowest BCUT2D eigenvalue weighted by Gasteiger charge is -2.38. The molecule has 2 bridgehead atoms. The molecule has 162 valence electrons. The average Bonchev–Trinajstić information content (AvgIpc) is 3.44. The van der Waals surface area contributed by atoms with Gasteiger partial charge in [0.25, 0.3) is 0 Å². The third kappa shape index (κ3) is 3.59. The number of hydrogen-bond acceptors (Lipinski definition) is 5. The maximum atomic E-state index is 5.13. The molecule has 4 atom stereocenters. The standard InChI is InChI=1S/C25H31N5S/c1-16-5-7-18(8-6-16)21-4-3-11-30-25(21)26-23(27-30)13-22-19-9-10-20(22)15-29(14-19)24-12-17(2)28-31-24/h5-8,12,19-22H,3-4,9-11,13-15H2,1-2H3/t19-,20+,21?,22?. The topological polar surface area (TPSA) is 46.8 Å². The van der Waals surface area contributed by atoms with Crippen LogP contribution in [-0.4, -0.2) is 32.2 Å². The Morgan fingerprint density at radius 1 is 1.03 bits per heavy atom. The highest BCUT2D eigenvalue weighted by Crippen LogP contribution is 2.45. The van der Waals surface area contributed by atoms with Gasteiger partial charge in [-0.2, -0.15) is 9.47 Å². The molecule has 31 heavy (non-hydrogen) atoms. The van der Waals surface area contributed by atoms with Crippen LogP contribution in [-0.2, 0) is 13.0 Å². The van der Waals surface area contributed by atoms with Crippen LogP contribution in [0.1, 0.15) is 60.1 Å². The molecule has 2 unspecified atom stereocenters. The van der Waals surface area contributed by atoms with Crippen molar-refractivity contribution in [2.45, 2.75) is 58.4 Å². The smallest absolute Gasteiger partial charge is 0.151 e. The highest BCUT2D eigenvalue weighted by Gasteiger charge is 2.43. The van der Waals surface area contributed by atoms with Crippen LogP contribution < -0.4 is 4.90 Å². The second kappa shape index (κ2) is 7.73. The number of aryl methyl sites for hydroxylation is 3. The normalized spacial score (nSPS) is 27.5. The summed E-state index contributed by atoms with van der Waals surface area (Å²) in [5.41, 5.74) is 3.85. The van der Waals surface area contributed by atoms with Crippen molar-refractivity contribution in [1.29, 1.82) is 0 Å². The van der Waals surface area contributed by atoms with Gasteiger partial charge in [0.2, 0.25) is 0 Å². The van der Waals surface area contributed by atoms with Crippen LogP contribution >= 0.6 is 11.5 Å². The van der Waals surface area contributed by atoms with E-state index in [1.807, 2.05) is 0 Å². The number of anilines is 1. The van der Waals surface area contributed by atoms with E-state index in [9.17, 15) is 0 Å². The Morgan fingerprint density at radius 2 is 1.81 bits per heavy atom. The molecule has 0 spiro atoms. The number of fused-ring (bicyclic) bond motifs is 3. The predicted molar refractivity (Wildman–Crippen MR) is 125 cm³/mol. The second-order valence-corrected chi connectivity index (χ2v) is 10.7. The summed E-state index contributed by atoms with van der Waals surface area (Å²) in [6.45, 7) is 7.60. The van der Waals surface area contributed by atoms with Gasteiger partial charge >= 0.3 is 0 Å². The Kier molecular flexibility index (Phi) is 4.86. The molecule has 0 N–H and O–H groups in total. The average molecular weight is 434 g/mol. The Hall–Kier alpha value is -2.21. The Bertz CT molecular complexity index is 1050. The highest BCUT2D eigenvalue weighted by atomic mass is 32.1. The molecule has 1 aromatic carbocycles. The van der Waals surface area contributed by atoms with Crippen LogP contribution in [0.3, 0.4) is 0 Å². The molecule has 2 aliphatic heterocycles. The van der Waals surface area contributed by atoms with E-state index in [1.54, 1.807) is 11.5 Å². The van der Waals surface area contributed by atoms with E-state index in [-0.39, 0.29) is 0 Å². The maximum absolute atomic E-state index is 5.13. The summed E-state index contributed by atoms with van der Waals surface area (Å²) in [5, 5.41) is 6.35. The molecule has 6 heteroatoms. The van der Waals surface area contributed by atoms with Gasteiger partial charge in [-0.05, 0) is 80.4 Å². The SMILES string of the molecule is Cc1ccc(C2CCCn3nc(CC4[C@@H]5CC[C@H]4CN(c4cc(C)ns4)C5)nc32)cc1. The summed E-state index contributed by atoms with van der Waals surface area (Å²) in [7, 11) is 0. The minimum Gasteiger partial charge on any atom is -0.362 e. The first-order chi connectivity index (χ1) is 15.1. The molecule has 3 aromatic rings. The summed E-state index contributed by atoms with van der Waals surface area (Å²) in [6.07, 6.45) is 6.11. The summed E-state index contributed by atoms with van der Waals surface area (Å²) in [5.74, 6) is 4.91. The fourth-order valence-corrected chi connectivity index (χ4v) is 6.94. The Balaban J connectivity index is 1.20. The fourth-order valence-electron chi connectivity index (χ4n) is 6.16. The molecule has 1 aliphatic carbocycles. The van der Waals surface area contributed by atoms with E-state index in [2.05, 4.69) is 58.1 Å². The van der Waals surface area contributed by atoms with Crippen molar-refractivity contribution < 1.29 is 0 Å². The summed E-state index contributed by atoms with van der Waals surface area (Å²) < 4.78 is 6.71. The van der Waals surface area contributed by atoms with Crippen LogP contribution in [0.4, 0.5) is 5.00 Å². The molecule has 6 rings (SSSR count). The molecule has 0 radical (unpaired) electrons. The minimum absolute atomic E-state index is 0.392. The van der Waals surface area contributed by atoms with E-state index in [1.165, 1.54) is 60.7 Å². The molecule has 5 nitrogen and oxygen atoms in total. The molecule has 2 fully saturated rings. The quantitative estimate of drug-likeness (QED) is 0.582. The van der Waals surface area contributed by atoms with Crippen LogP contribution in [0.15, 0.2) is 30.3 Å². The van der Waals surface area contributed by atoms with Gasteiger partial charge in [0, 0.05) is 32.0 Å². The minimum atomic E-state index is 0.392. The van der Waals surface area contributed by atoms with Crippen LogP contribution in [0.2, 0.25) is 0 Å². The van der Waals surface area contributed by atoms with Gasteiger partial charge in [0.15, 0.2) is 5.82 Å². The lowest BCUT2D eigenvalue weighted by atomic mass is 9.82. The number of benzene rings is 1. The summed E-state index contributed by atoms with van der Waals surface area (Å²) in [4.78, 5) is 7.72. The zero-order chi connectivity index (χ0) is 20.9. The number of aromatic nitrogens is 4. The van der Waals surface area contributed by atoms with E-state index < -0.39 is 0 Å². The largest absolute Gasteiger partial charge is 0.362 e. The van der Waals surface area contributed by atoms with E-state index in [0.717, 1.165) is 42.2 Å². The molecule has 1 saturated carbocycles. The first-order valence-electron chi connectivity index (χ1n) is 11.8. The molecular formula is C25H31N5S. The third-order valence-corrected chi connectivity index (χ3v) is 8.72. The number of piperidine rings is 1. The lowest BCUT2D eigenvalue weighted by Crippen LogP contribution is -2.42. The van der Waals surface area contributed by atoms with Gasteiger partial charge in [-0.3, -0.25) is 0 Å². The van der Waals surface area contributed by atoms with Gasteiger partial charge in [0.05, 0.1) is 5.69 Å². The van der Waals surface area contributed by atoms with E-state index >= 15 is 0 Å². The van der Waals surface area contributed by atoms with Crippen molar-refractivity contribution >= 4 is 16.5 Å². The zero-order valence-corrected chi connectivity index (χ0v) is 19.3. The van der Waals surface area contributed by atoms with Crippen LogP contribution in [0.5, 0.6) is 0 Å². The number of hydrogen-bond donors (Lipinski definition) is 0. The number of rotatable bonds is 4. The summed E-state index contributed by atoms with van der Waals surface area (Å²) in [6, 6.07) is 11.3. The third-order valence-electron chi connectivity index (χ3n) is 7.77. The van der Waals surface area contributed by atoms with E-state index in [0.29, 0.717) is 5.92 Å². The Morgan fingerprint density at radius 3 is 2.52 bits per heavy atom. The maximum Gasteiger partial charge on any atom is 0.151 e. The van der Waals surface area contributed by atoms with Gasteiger partial charge in [0.1, 0.15) is 10.8 Å². The first kappa shape index (κ1) is 19.5. The van der Waals surface area contributed by atoms with Gasteiger partial charge in [-0.1, -0.05) is 29.8 Å². The molecule has 3 aliphatic rings. The predicted octanol–water partition coefficient (Wildman–Crippen LogP) is 4.98. The monoisotopic (exact) mass is 433 g/mol. The highest BCUT2D eigenvalue weighted by molar-refractivity contribution is 7.10. The fraction of sp³-hybridized carbons (Fsp3) is 0.560. The Labute approximate surface area is 188 Å². The van der Waals surface area contributed by atoms with Crippen molar-refractivity contribution in [2.75, 3.05) is 18.0 Å². The van der Waals surface area contributed by atoms with Crippen molar-refractivity contribution in [3.63, 3.8) is 0 Å². The molecular weight excluding hydrogens is 402 g/mol. The number of nitrogens with zero attached hydrogens (tertiary/aromatic N) is 5. The van der Waals surface area contributed by atoms with Crippen molar-refractivity contribution in [1.82, 2.24) is 19.1 Å². The molecule has 0 amide bonds. The second-order valence-electron chi connectivity index (χ2n) is 9.89. The van der Waals surface area contributed by atoms with Crippen molar-refractivity contribution in [3.05, 3.63) is 58.8 Å².